The summed E-state index contributed by atoms with van der Waals surface area (Å²) in [6.07, 6.45) is 4.35. The molecule has 6 heteroatoms. The topological polar surface area (TPSA) is 51.2 Å². The van der Waals surface area contributed by atoms with E-state index in [1.54, 1.807) is 7.11 Å². The molecule has 5 aromatic rings. The molecule has 0 saturated carbocycles. The number of ether oxygens (including phenoxy) is 3. The van der Waals surface area contributed by atoms with Crippen molar-refractivity contribution in [2.24, 2.45) is 0 Å². The fourth-order valence-corrected chi connectivity index (χ4v) is 7.53. The van der Waals surface area contributed by atoms with E-state index in [1.165, 1.54) is 33.2 Å². The van der Waals surface area contributed by atoms with Gasteiger partial charge in [-0.15, -0.1) is 0 Å². The van der Waals surface area contributed by atoms with Crippen LogP contribution >= 0.6 is 0 Å². The maximum absolute atomic E-state index is 12.3. The monoisotopic (exact) mass is 632 g/mol. The summed E-state index contributed by atoms with van der Waals surface area (Å²) in [4.78, 5) is 17.1. The third kappa shape index (κ3) is 5.03. The summed E-state index contributed by atoms with van der Waals surface area (Å²) in [5, 5.41) is 2.29. The molecule has 5 aromatic carbocycles. The molecule has 8 rings (SSSR count). The Morgan fingerprint density at radius 2 is 1.58 bits per heavy atom. The van der Waals surface area contributed by atoms with Gasteiger partial charge in [-0.3, -0.25) is 0 Å². The van der Waals surface area contributed by atoms with Gasteiger partial charge in [-0.2, -0.15) is 0 Å². The number of benzene rings is 5. The average Bonchev–Trinajstić information content (AvgIpc) is 3.38. The molecule has 0 N–H and O–H groups in total. The van der Waals surface area contributed by atoms with E-state index in [9.17, 15) is 4.79 Å². The van der Waals surface area contributed by atoms with Crippen molar-refractivity contribution >= 4 is 34.2 Å². The van der Waals surface area contributed by atoms with E-state index >= 15 is 0 Å². The lowest BCUT2D eigenvalue weighted by molar-refractivity contribution is -0.128. The molecule has 0 amide bonds. The number of hydrogen-bond donors (Lipinski definition) is 0. The lowest BCUT2D eigenvalue weighted by Crippen LogP contribution is -2.46. The molecule has 1 saturated heterocycles. The summed E-state index contributed by atoms with van der Waals surface area (Å²) in [6.45, 7) is 8.57. The van der Waals surface area contributed by atoms with E-state index in [1.807, 2.05) is 54.6 Å². The molecule has 0 unspecified atom stereocenters. The highest BCUT2D eigenvalue weighted by Crippen LogP contribution is 2.57. The van der Waals surface area contributed by atoms with Crippen molar-refractivity contribution < 1.29 is 19.0 Å². The summed E-state index contributed by atoms with van der Waals surface area (Å²) < 4.78 is 17.9. The van der Waals surface area contributed by atoms with E-state index in [-0.39, 0.29) is 5.41 Å². The van der Waals surface area contributed by atoms with Crippen LogP contribution in [0.2, 0.25) is 0 Å². The Hall–Kier alpha value is -5.67. The smallest absolute Gasteiger partial charge is 0.390 e. The molecule has 0 spiro atoms. The van der Waals surface area contributed by atoms with Crippen LogP contribution in [0.25, 0.3) is 28.0 Å². The Labute approximate surface area is 281 Å². The van der Waals surface area contributed by atoms with Crippen molar-refractivity contribution in [1.82, 2.24) is 0 Å². The predicted octanol–water partition coefficient (Wildman–Crippen LogP) is 7.84. The first-order chi connectivity index (χ1) is 23.4. The third-order valence-electron chi connectivity index (χ3n) is 9.82. The Morgan fingerprint density at radius 3 is 2.35 bits per heavy atom. The molecule has 0 atom stereocenters. The molecule has 1 fully saturated rings. The second-order valence-electron chi connectivity index (χ2n) is 12.9. The first kappa shape index (κ1) is 29.7. The van der Waals surface area contributed by atoms with Crippen LogP contribution in [-0.4, -0.2) is 45.9 Å². The van der Waals surface area contributed by atoms with Gasteiger partial charge in [-0.1, -0.05) is 68.3 Å². The van der Waals surface area contributed by atoms with E-state index in [2.05, 4.69) is 84.0 Å². The van der Waals surface area contributed by atoms with Crippen LogP contribution in [-0.2, 0) is 10.2 Å². The number of anilines is 2. The first-order valence-corrected chi connectivity index (χ1v) is 16.4. The summed E-state index contributed by atoms with van der Waals surface area (Å²) in [5.41, 5.74) is 9.26. The fraction of sp³-hybridized carbons (Fsp3) is 0.214. The standard InChI is InChI=1S/C42H36N2O4/c1-42(2)35-14-8-7-12-31(35)39-33-26-36(37(46-3)27-34(33)41-32(40(39)42)13-9-25-47-41)44-23-21-43(22-24-44)29-16-18-30(19-17-29)48-38(45)20-15-28-10-5-4-6-11-28/h4-14,16-19,26-27H,21-25H2,1-3H3. The number of fused-ring (bicyclic) bond motifs is 8. The van der Waals surface area contributed by atoms with Crippen LogP contribution in [0.4, 0.5) is 11.4 Å². The van der Waals surface area contributed by atoms with Crippen molar-refractivity contribution in [2.45, 2.75) is 19.3 Å². The summed E-state index contributed by atoms with van der Waals surface area (Å²) in [6, 6.07) is 30.4. The van der Waals surface area contributed by atoms with E-state index in [0.717, 1.165) is 60.0 Å². The van der Waals surface area contributed by atoms with Gasteiger partial charge in [0, 0.05) is 59.7 Å². The van der Waals surface area contributed by atoms with Gasteiger partial charge in [-0.05, 0) is 82.2 Å². The Kier molecular flexibility index (Phi) is 7.33. The zero-order valence-corrected chi connectivity index (χ0v) is 27.4. The van der Waals surface area contributed by atoms with Gasteiger partial charge in [0.05, 0.1) is 12.8 Å². The number of carbonyl (C=O) groups is 1. The van der Waals surface area contributed by atoms with Gasteiger partial charge in [0.1, 0.15) is 23.9 Å². The Morgan fingerprint density at radius 1 is 0.854 bits per heavy atom. The number of esters is 1. The van der Waals surface area contributed by atoms with Crippen molar-refractivity contribution in [3.05, 3.63) is 119 Å². The fourth-order valence-electron chi connectivity index (χ4n) is 7.53. The van der Waals surface area contributed by atoms with Crippen LogP contribution in [0.5, 0.6) is 17.2 Å². The van der Waals surface area contributed by atoms with E-state index < -0.39 is 5.97 Å². The van der Waals surface area contributed by atoms with Gasteiger partial charge in [0.2, 0.25) is 0 Å². The first-order valence-electron chi connectivity index (χ1n) is 16.4. The van der Waals surface area contributed by atoms with Gasteiger partial charge in [0.25, 0.3) is 0 Å². The average molecular weight is 633 g/mol. The number of nitrogens with zero attached hydrogens (tertiary/aromatic N) is 2. The summed E-state index contributed by atoms with van der Waals surface area (Å²) in [5.74, 6) is 7.09. The minimum Gasteiger partial charge on any atom is -0.495 e. The second kappa shape index (κ2) is 11.8. The van der Waals surface area contributed by atoms with Crippen molar-refractivity contribution in [1.29, 1.82) is 0 Å². The highest BCUT2D eigenvalue weighted by molar-refractivity contribution is 6.10. The van der Waals surface area contributed by atoms with Gasteiger partial charge >= 0.3 is 5.97 Å². The molecule has 238 valence electrons. The number of rotatable bonds is 4. The van der Waals surface area contributed by atoms with Crippen molar-refractivity contribution in [3.8, 4) is 40.2 Å². The predicted molar refractivity (Wildman–Crippen MR) is 192 cm³/mol. The molecule has 48 heavy (non-hydrogen) atoms. The highest BCUT2D eigenvalue weighted by atomic mass is 16.5. The molecular weight excluding hydrogens is 596 g/mol. The quantitative estimate of drug-likeness (QED) is 0.114. The lowest BCUT2D eigenvalue weighted by Gasteiger charge is -2.38. The largest absolute Gasteiger partial charge is 0.495 e. The summed E-state index contributed by atoms with van der Waals surface area (Å²) >= 11 is 0. The molecule has 6 nitrogen and oxygen atoms in total. The van der Waals surface area contributed by atoms with E-state index in [4.69, 9.17) is 14.2 Å². The molecule has 2 aliphatic heterocycles. The molecule has 0 radical (unpaired) electrons. The third-order valence-corrected chi connectivity index (χ3v) is 9.82. The molecule has 0 aromatic heterocycles. The molecule has 1 aliphatic carbocycles. The van der Waals surface area contributed by atoms with Crippen LogP contribution in [0.3, 0.4) is 0 Å². The minimum absolute atomic E-state index is 0.148. The van der Waals surface area contributed by atoms with Gasteiger partial charge < -0.3 is 24.0 Å². The number of hydrogen-bond acceptors (Lipinski definition) is 6. The molecule has 2 heterocycles. The number of carbonyl (C=O) groups excluding carboxylic acids is 1. The second-order valence-corrected chi connectivity index (χ2v) is 12.9. The molecule has 0 bridgehead atoms. The number of piperazine rings is 1. The zero-order chi connectivity index (χ0) is 32.8. The molecular formula is C42H36N2O4. The highest BCUT2D eigenvalue weighted by Gasteiger charge is 2.40. The van der Waals surface area contributed by atoms with Crippen LogP contribution in [0.15, 0.2) is 97.1 Å². The van der Waals surface area contributed by atoms with Crippen LogP contribution in [0, 0.1) is 11.8 Å². The van der Waals surface area contributed by atoms with Crippen molar-refractivity contribution in [2.75, 3.05) is 49.7 Å². The maximum Gasteiger partial charge on any atom is 0.390 e. The SMILES string of the molecule is COc1cc2c3c(c4c(c2cc1N1CCN(c2ccc(OC(=O)C#Cc5ccccc5)cc2)CC1)-c1ccccc1C4(C)C)C=CCO3. The van der Waals surface area contributed by atoms with Gasteiger partial charge in [-0.25, -0.2) is 4.79 Å². The van der Waals surface area contributed by atoms with E-state index in [0.29, 0.717) is 12.4 Å². The molecule has 3 aliphatic rings. The normalized spacial score (nSPS) is 15.5. The Balaban J connectivity index is 1.05. The van der Waals surface area contributed by atoms with Gasteiger partial charge in [0.15, 0.2) is 0 Å². The van der Waals surface area contributed by atoms with Crippen LogP contribution < -0.4 is 24.0 Å². The zero-order valence-electron chi connectivity index (χ0n) is 27.4. The Bertz CT molecular complexity index is 2150. The number of methoxy groups -OCH3 is 1. The van der Waals surface area contributed by atoms with Crippen molar-refractivity contribution in [3.63, 3.8) is 0 Å². The minimum atomic E-state index is -0.578. The lowest BCUT2D eigenvalue weighted by atomic mass is 9.78. The maximum atomic E-state index is 12.3. The summed E-state index contributed by atoms with van der Waals surface area (Å²) in [7, 11) is 1.75. The van der Waals surface area contributed by atoms with Crippen LogP contribution in [0.1, 0.15) is 36.1 Å².